The van der Waals surface area contributed by atoms with E-state index in [1.54, 1.807) is 0 Å². The molecule has 5 atom stereocenters. The fraction of sp³-hybridized carbons (Fsp3) is 0.386. The molecule has 0 saturated carbocycles. The average Bonchev–Trinajstić information content (AvgIpc) is 3.20. The van der Waals surface area contributed by atoms with Gasteiger partial charge in [0.05, 0.1) is 33.0 Å². The predicted molar refractivity (Wildman–Crippen MR) is 207 cm³/mol. The number of ketones is 1. The maximum absolute atomic E-state index is 15.6. The van der Waals surface area contributed by atoms with E-state index in [4.69, 9.17) is 18.9 Å². The second-order valence-electron chi connectivity index (χ2n) is 14.9. The third-order valence-corrected chi connectivity index (χ3v) is 10.1. The summed E-state index contributed by atoms with van der Waals surface area (Å²) < 4.78 is 25.8. The molecule has 1 amide bonds. The highest BCUT2D eigenvalue weighted by molar-refractivity contribution is 5.97. The number of nitrogens with one attached hydrogen (secondary N) is 1. The quantitative estimate of drug-likeness (QED) is 0.100. The zero-order chi connectivity index (χ0) is 39.3. The zero-order valence-electron chi connectivity index (χ0n) is 31.7. The highest BCUT2D eigenvalue weighted by atomic mass is 16.6. The molecule has 4 aromatic carbocycles. The van der Waals surface area contributed by atoms with Crippen LogP contribution >= 0.6 is 0 Å². The van der Waals surface area contributed by atoms with Crippen molar-refractivity contribution in [1.82, 2.24) is 10.2 Å². The van der Waals surface area contributed by atoms with Crippen LogP contribution in [0.15, 0.2) is 121 Å². The minimum Gasteiger partial charge on any atom is -0.465 e. The van der Waals surface area contributed by atoms with Crippen molar-refractivity contribution in [3.8, 4) is 0 Å². The molecule has 1 saturated heterocycles. The topological polar surface area (TPSA) is 144 Å². The summed E-state index contributed by atoms with van der Waals surface area (Å²) in [7, 11) is 0. The van der Waals surface area contributed by atoms with E-state index in [1.807, 2.05) is 142 Å². The van der Waals surface area contributed by atoms with Crippen molar-refractivity contribution in [2.75, 3.05) is 26.2 Å². The number of piperazine rings is 1. The Morgan fingerprint density at radius 1 is 0.745 bits per heavy atom. The molecule has 1 heterocycles. The normalized spacial score (nSPS) is 18.8. The SMILES string of the molecule is CC(C)(C)C1(C(=O)[C@H](OCc2ccccc2)[C@@H](OCc2ccccc2)[C@H](OCc2ccccc2)C(O)(C=O)COCc2ccccc2)CNCCN1C(=O)O. The van der Waals surface area contributed by atoms with Crippen LogP contribution in [0, 0.1) is 5.41 Å². The number of hydrogen-bond donors (Lipinski definition) is 3. The van der Waals surface area contributed by atoms with Gasteiger partial charge in [0.15, 0.2) is 17.7 Å². The number of carboxylic acid groups (broad SMARTS) is 1. The number of amides is 1. The number of carbonyl (C=O) groups excluding carboxylic acids is 2. The van der Waals surface area contributed by atoms with Crippen molar-refractivity contribution in [3.05, 3.63) is 144 Å². The first kappa shape index (κ1) is 41.4. The Morgan fingerprint density at radius 2 is 1.20 bits per heavy atom. The predicted octanol–water partition coefficient (Wildman–Crippen LogP) is 5.83. The molecular formula is C44H52N2O9. The molecule has 0 bridgehead atoms. The van der Waals surface area contributed by atoms with Crippen molar-refractivity contribution in [2.24, 2.45) is 5.41 Å². The van der Waals surface area contributed by atoms with Crippen molar-refractivity contribution in [3.63, 3.8) is 0 Å². The fourth-order valence-corrected chi connectivity index (χ4v) is 7.05. The first-order chi connectivity index (χ1) is 26.5. The van der Waals surface area contributed by atoms with E-state index in [2.05, 4.69) is 5.32 Å². The molecule has 292 valence electrons. The Bertz CT molecular complexity index is 1790. The Balaban J connectivity index is 1.65. The van der Waals surface area contributed by atoms with Crippen molar-refractivity contribution >= 4 is 18.2 Å². The summed E-state index contributed by atoms with van der Waals surface area (Å²) in [6.07, 6.45) is -5.49. The van der Waals surface area contributed by atoms with Crippen molar-refractivity contribution < 1.29 is 43.5 Å². The maximum Gasteiger partial charge on any atom is 0.408 e. The number of aliphatic hydroxyl groups is 1. The molecule has 11 heteroatoms. The standard InChI is InChI=1S/C44H52N2O9/c1-42(2,3)44(30-45-24-25-46(44)41(49)50)39(48)37(53-27-34-18-10-5-11-19-34)38(54-28-35-20-12-6-13-21-35)40(55-29-36-22-14-7-15-23-36)43(51,31-47)32-52-26-33-16-8-4-9-17-33/h4-23,31,37-38,40,45,51H,24-30,32H2,1-3H3,(H,49,50)/t37-,38-,40+,43?,44?/m1/s1. The second kappa shape index (κ2) is 19.2. The summed E-state index contributed by atoms with van der Waals surface area (Å²) in [5, 5.41) is 26.3. The van der Waals surface area contributed by atoms with E-state index in [9.17, 15) is 19.8 Å². The molecule has 1 aliphatic heterocycles. The minimum atomic E-state index is -2.37. The number of ether oxygens (including phenoxy) is 4. The molecule has 4 aromatic rings. The lowest BCUT2D eigenvalue weighted by molar-refractivity contribution is -0.219. The fourth-order valence-electron chi connectivity index (χ4n) is 7.05. The largest absolute Gasteiger partial charge is 0.465 e. The monoisotopic (exact) mass is 752 g/mol. The van der Waals surface area contributed by atoms with E-state index in [-0.39, 0.29) is 39.5 Å². The molecule has 1 fully saturated rings. The number of benzene rings is 4. The van der Waals surface area contributed by atoms with Gasteiger partial charge in [-0.05, 0) is 27.7 Å². The number of nitrogens with zero attached hydrogens (tertiary/aromatic N) is 1. The molecule has 11 nitrogen and oxygen atoms in total. The first-order valence-electron chi connectivity index (χ1n) is 18.5. The van der Waals surface area contributed by atoms with Gasteiger partial charge in [0.25, 0.3) is 0 Å². The molecule has 0 aromatic heterocycles. The highest BCUT2D eigenvalue weighted by Gasteiger charge is 2.60. The average molecular weight is 753 g/mol. The van der Waals surface area contributed by atoms with Crippen LogP contribution in [0.25, 0.3) is 0 Å². The Kier molecular flexibility index (Phi) is 14.5. The lowest BCUT2D eigenvalue weighted by atomic mass is 9.66. The molecule has 0 aliphatic carbocycles. The molecule has 5 rings (SSSR count). The van der Waals surface area contributed by atoms with Gasteiger partial charge in [-0.2, -0.15) is 0 Å². The molecule has 3 N–H and O–H groups in total. The summed E-state index contributed by atoms with van der Waals surface area (Å²) in [4.78, 5) is 43.1. The lowest BCUT2D eigenvalue weighted by Crippen LogP contribution is -2.75. The zero-order valence-corrected chi connectivity index (χ0v) is 31.7. The van der Waals surface area contributed by atoms with Crippen LogP contribution in [-0.4, -0.2) is 89.0 Å². The van der Waals surface area contributed by atoms with Gasteiger partial charge < -0.3 is 34.5 Å². The number of hydrogen-bond acceptors (Lipinski definition) is 9. The first-order valence-corrected chi connectivity index (χ1v) is 18.5. The van der Waals surface area contributed by atoms with Gasteiger partial charge in [0, 0.05) is 19.6 Å². The van der Waals surface area contributed by atoms with E-state index in [0.717, 1.165) is 22.3 Å². The Labute approximate surface area is 323 Å². The number of carbonyl (C=O) groups is 3. The van der Waals surface area contributed by atoms with Gasteiger partial charge in [-0.15, -0.1) is 0 Å². The van der Waals surface area contributed by atoms with E-state index in [1.165, 1.54) is 4.90 Å². The molecular weight excluding hydrogens is 700 g/mol. The number of aldehydes is 1. The third kappa shape index (κ3) is 10.3. The molecule has 2 unspecified atom stereocenters. The maximum atomic E-state index is 15.6. The third-order valence-electron chi connectivity index (χ3n) is 10.1. The lowest BCUT2D eigenvalue weighted by Gasteiger charge is -2.54. The van der Waals surface area contributed by atoms with Crippen LogP contribution in [0.3, 0.4) is 0 Å². The van der Waals surface area contributed by atoms with Gasteiger partial charge in [0.1, 0.15) is 23.9 Å². The number of Topliss-reactive ketones (excluding diaryl/α,β-unsaturated/α-hetero) is 1. The van der Waals surface area contributed by atoms with Gasteiger partial charge >= 0.3 is 6.09 Å². The summed E-state index contributed by atoms with van der Waals surface area (Å²) in [5.41, 5.74) is -1.96. The van der Waals surface area contributed by atoms with Crippen LogP contribution in [0.5, 0.6) is 0 Å². The van der Waals surface area contributed by atoms with E-state index in [0.29, 0.717) is 12.8 Å². The van der Waals surface area contributed by atoms with Crippen molar-refractivity contribution in [2.45, 2.75) is 76.7 Å². The van der Waals surface area contributed by atoms with Crippen LogP contribution in [0.4, 0.5) is 4.79 Å². The minimum absolute atomic E-state index is 0.00803. The summed E-state index contributed by atoms with van der Waals surface area (Å²) in [6.45, 7) is 5.17. The Hall–Kier alpha value is -4.75. The smallest absolute Gasteiger partial charge is 0.408 e. The Morgan fingerprint density at radius 3 is 1.65 bits per heavy atom. The molecule has 1 aliphatic rings. The van der Waals surface area contributed by atoms with Gasteiger partial charge in [-0.3, -0.25) is 14.5 Å². The van der Waals surface area contributed by atoms with Gasteiger partial charge in [-0.25, -0.2) is 4.79 Å². The van der Waals surface area contributed by atoms with Gasteiger partial charge in [0.2, 0.25) is 0 Å². The van der Waals surface area contributed by atoms with Crippen LogP contribution in [-0.2, 0) is 55.0 Å². The molecule has 0 spiro atoms. The van der Waals surface area contributed by atoms with Crippen LogP contribution in [0.2, 0.25) is 0 Å². The van der Waals surface area contributed by atoms with E-state index >= 15 is 4.79 Å². The molecule has 55 heavy (non-hydrogen) atoms. The van der Waals surface area contributed by atoms with Crippen molar-refractivity contribution in [1.29, 1.82) is 0 Å². The van der Waals surface area contributed by atoms with Crippen LogP contribution < -0.4 is 5.32 Å². The highest BCUT2D eigenvalue weighted by Crippen LogP contribution is 2.41. The van der Waals surface area contributed by atoms with E-state index < -0.39 is 53.4 Å². The molecule has 0 radical (unpaired) electrons. The second-order valence-corrected chi connectivity index (χ2v) is 14.9. The van der Waals surface area contributed by atoms with Gasteiger partial charge in [-0.1, -0.05) is 142 Å². The summed E-state index contributed by atoms with van der Waals surface area (Å²) in [6, 6.07) is 37.0. The van der Waals surface area contributed by atoms with Crippen LogP contribution in [0.1, 0.15) is 43.0 Å². The summed E-state index contributed by atoms with van der Waals surface area (Å²) in [5.74, 6) is -0.602. The number of rotatable bonds is 19. The summed E-state index contributed by atoms with van der Waals surface area (Å²) >= 11 is 0.